The minimum Gasteiger partial charge on any atom is -0.342 e. The Morgan fingerprint density at radius 1 is 0.857 bits per heavy atom. The third kappa shape index (κ3) is 4.05. The molecule has 114 valence electrons. The number of hydrogen-bond acceptors (Lipinski definition) is 3. The van der Waals surface area contributed by atoms with Crippen LogP contribution in [0, 0.1) is 0 Å². The average molecular weight is 287 g/mol. The summed E-state index contributed by atoms with van der Waals surface area (Å²) >= 11 is 0. The van der Waals surface area contributed by atoms with Crippen LogP contribution in [0.25, 0.3) is 0 Å². The van der Waals surface area contributed by atoms with Crippen molar-refractivity contribution >= 4 is 5.91 Å². The first-order valence-corrected chi connectivity index (χ1v) is 8.08. The molecule has 1 aromatic rings. The summed E-state index contributed by atoms with van der Waals surface area (Å²) in [5, 5.41) is 0. The van der Waals surface area contributed by atoms with Gasteiger partial charge in [0.2, 0.25) is 5.91 Å². The molecule has 3 rings (SSSR count). The number of carbonyl (C=O) groups is 1. The van der Waals surface area contributed by atoms with Crippen LogP contribution in [0.15, 0.2) is 30.3 Å². The second kappa shape index (κ2) is 7.05. The zero-order valence-corrected chi connectivity index (χ0v) is 12.7. The van der Waals surface area contributed by atoms with Crippen LogP contribution in [0.4, 0.5) is 0 Å². The first-order valence-electron chi connectivity index (χ1n) is 8.08. The van der Waals surface area contributed by atoms with Gasteiger partial charge in [-0.2, -0.15) is 0 Å². The molecule has 21 heavy (non-hydrogen) atoms. The normalized spacial score (nSPS) is 20.9. The average Bonchev–Trinajstić information content (AvgIpc) is 3.05. The molecule has 1 aromatic carbocycles. The Morgan fingerprint density at radius 3 is 2.14 bits per heavy atom. The molecule has 2 heterocycles. The molecule has 2 saturated heterocycles. The molecule has 0 N–H and O–H groups in total. The number of nitrogens with zero attached hydrogens (tertiary/aromatic N) is 3. The second-order valence-electron chi connectivity index (χ2n) is 6.13. The van der Waals surface area contributed by atoms with E-state index >= 15 is 0 Å². The van der Waals surface area contributed by atoms with Gasteiger partial charge in [0.05, 0.1) is 6.54 Å². The van der Waals surface area contributed by atoms with Crippen molar-refractivity contribution in [2.24, 2.45) is 0 Å². The molecule has 0 spiro atoms. The highest BCUT2D eigenvalue weighted by atomic mass is 16.2. The van der Waals surface area contributed by atoms with Gasteiger partial charge in [-0.15, -0.1) is 0 Å². The van der Waals surface area contributed by atoms with Crippen LogP contribution in [0.2, 0.25) is 0 Å². The lowest BCUT2D eigenvalue weighted by molar-refractivity contribution is -0.131. The lowest BCUT2D eigenvalue weighted by Crippen LogP contribution is -2.49. The SMILES string of the molecule is O=C(CN1CCN(Cc2ccccc2)CC1)N1CCCC1. The van der Waals surface area contributed by atoms with Crippen molar-refractivity contribution in [1.82, 2.24) is 14.7 Å². The first kappa shape index (κ1) is 14.5. The molecule has 2 fully saturated rings. The van der Waals surface area contributed by atoms with Crippen molar-refractivity contribution in [3.05, 3.63) is 35.9 Å². The predicted molar refractivity (Wildman–Crippen MR) is 84.0 cm³/mol. The lowest BCUT2D eigenvalue weighted by atomic mass is 10.2. The number of likely N-dealkylation sites (tertiary alicyclic amines) is 1. The first-order chi connectivity index (χ1) is 10.3. The van der Waals surface area contributed by atoms with Crippen molar-refractivity contribution in [2.45, 2.75) is 19.4 Å². The van der Waals surface area contributed by atoms with E-state index in [1.807, 2.05) is 4.90 Å². The van der Waals surface area contributed by atoms with E-state index in [1.54, 1.807) is 0 Å². The molecule has 0 saturated carbocycles. The molecule has 0 atom stereocenters. The van der Waals surface area contributed by atoms with Gasteiger partial charge in [0.15, 0.2) is 0 Å². The maximum atomic E-state index is 12.2. The fourth-order valence-corrected chi connectivity index (χ4v) is 3.20. The summed E-state index contributed by atoms with van der Waals surface area (Å²) in [6, 6.07) is 10.6. The molecule has 0 radical (unpaired) electrons. The van der Waals surface area contributed by atoms with E-state index in [4.69, 9.17) is 0 Å². The second-order valence-corrected chi connectivity index (χ2v) is 6.13. The Bertz CT molecular complexity index is 448. The molecule has 0 aromatic heterocycles. The topological polar surface area (TPSA) is 26.8 Å². The number of hydrogen-bond donors (Lipinski definition) is 0. The Labute approximate surface area is 127 Å². The van der Waals surface area contributed by atoms with Gasteiger partial charge in [-0.1, -0.05) is 30.3 Å². The van der Waals surface area contributed by atoms with Crippen molar-refractivity contribution in [2.75, 3.05) is 45.8 Å². The highest BCUT2D eigenvalue weighted by Crippen LogP contribution is 2.11. The summed E-state index contributed by atoms with van der Waals surface area (Å²) in [5.41, 5.74) is 1.37. The number of rotatable bonds is 4. The van der Waals surface area contributed by atoms with Gasteiger partial charge in [-0.25, -0.2) is 0 Å². The van der Waals surface area contributed by atoms with E-state index in [0.29, 0.717) is 12.5 Å². The molecule has 0 unspecified atom stereocenters. The summed E-state index contributed by atoms with van der Waals surface area (Å²) in [7, 11) is 0. The number of piperazine rings is 1. The molecular formula is C17H25N3O. The summed E-state index contributed by atoms with van der Waals surface area (Å²) < 4.78 is 0. The zero-order valence-electron chi connectivity index (χ0n) is 12.7. The molecule has 1 amide bonds. The van der Waals surface area contributed by atoms with E-state index in [2.05, 4.69) is 40.1 Å². The largest absolute Gasteiger partial charge is 0.342 e. The Morgan fingerprint density at radius 2 is 1.48 bits per heavy atom. The van der Waals surface area contributed by atoms with Crippen LogP contribution in [0.5, 0.6) is 0 Å². The van der Waals surface area contributed by atoms with Gasteiger partial charge in [-0.05, 0) is 18.4 Å². The summed E-state index contributed by atoms with van der Waals surface area (Å²) in [4.78, 5) is 19.0. The standard InChI is InChI=1S/C17H25N3O/c21-17(20-8-4-5-9-20)15-19-12-10-18(11-13-19)14-16-6-2-1-3-7-16/h1-3,6-7H,4-5,8-15H2. The van der Waals surface area contributed by atoms with E-state index < -0.39 is 0 Å². The van der Waals surface area contributed by atoms with E-state index in [1.165, 1.54) is 18.4 Å². The van der Waals surface area contributed by atoms with Crippen molar-refractivity contribution < 1.29 is 4.79 Å². The summed E-state index contributed by atoms with van der Waals surface area (Å²) in [5.74, 6) is 0.323. The van der Waals surface area contributed by atoms with Crippen LogP contribution < -0.4 is 0 Å². The van der Waals surface area contributed by atoms with Crippen LogP contribution in [0.1, 0.15) is 18.4 Å². The van der Waals surface area contributed by atoms with Crippen molar-refractivity contribution in [3.63, 3.8) is 0 Å². The molecule has 4 nitrogen and oxygen atoms in total. The molecule has 0 aliphatic carbocycles. The van der Waals surface area contributed by atoms with Crippen LogP contribution in [0.3, 0.4) is 0 Å². The van der Waals surface area contributed by atoms with Crippen molar-refractivity contribution in [1.29, 1.82) is 0 Å². The Balaban J connectivity index is 1.41. The summed E-state index contributed by atoms with van der Waals surface area (Å²) in [6.07, 6.45) is 2.35. The maximum absolute atomic E-state index is 12.2. The van der Waals surface area contributed by atoms with Gasteiger partial charge < -0.3 is 4.90 Å². The highest BCUT2D eigenvalue weighted by molar-refractivity contribution is 5.78. The van der Waals surface area contributed by atoms with Gasteiger partial charge in [-0.3, -0.25) is 14.6 Å². The molecule has 2 aliphatic heterocycles. The maximum Gasteiger partial charge on any atom is 0.236 e. The lowest BCUT2D eigenvalue weighted by Gasteiger charge is -2.35. The fourth-order valence-electron chi connectivity index (χ4n) is 3.20. The van der Waals surface area contributed by atoms with Crippen LogP contribution in [-0.4, -0.2) is 66.4 Å². The molecule has 2 aliphatic rings. The molecule has 4 heteroatoms. The van der Waals surface area contributed by atoms with Gasteiger partial charge in [0.25, 0.3) is 0 Å². The zero-order chi connectivity index (χ0) is 14.5. The minimum absolute atomic E-state index is 0.323. The van der Waals surface area contributed by atoms with Crippen LogP contribution >= 0.6 is 0 Å². The van der Waals surface area contributed by atoms with Gasteiger partial charge in [0, 0.05) is 45.8 Å². The smallest absolute Gasteiger partial charge is 0.236 e. The number of carbonyl (C=O) groups excluding carboxylic acids is 1. The number of benzene rings is 1. The van der Waals surface area contributed by atoms with E-state index in [-0.39, 0.29) is 0 Å². The highest BCUT2D eigenvalue weighted by Gasteiger charge is 2.23. The Hall–Kier alpha value is -1.39. The summed E-state index contributed by atoms with van der Waals surface area (Å²) in [6.45, 7) is 7.69. The quantitative estimate of drug-likeness (QED) is 0.838. The third-order valence-corrected chi connectivity index (χ3v) is 4.53. The monoisotopic (exact) mass is 287 g/mol. The molecule has 0 bridgehead atoms. The predicted octanol–water partition coefficient (Wildman–Crippen LogP) is 1.43. The fraction of sp³-hybridized carbons (Fsp3) is 0.588. The van der Waals surface area contributed by atoms with E-state index in [0.717, 1.165) is 45.8 Å². The van der Waals surface area contributed by atoms with Gasteiger partial charge in [0.1, 0.15) is 0 Å². The Kier molecular flexibility index (Phi) is 4.88. The van der Waals surface area contributed by atoms with Crippen molar-refractivity contribution in [3.8, 4) is 0 Å². The van der Waals surface area contributed by atoms with Gasteiger partial charge >= 0.3 is 0 Å². The minimum atomic E-state index is 0.323. The third-order valence-electron chi connectivity index (χ3n) is 4.53. The molecular weight excluding hydrogens is 262 g/mol. The van der Waals surface area contributed by atoms with Crippen LogP contribution in [-0.2, 0) is 11.3 Å². The van der Waals surface area contributed by atoms with E-state index in [9.17, 15) is 4.79 Å². The number of amides is 1.